The Morgan fingerprint density at radius 3 is 2.18 bits per heavy atom. The van der Waals surface area contributed by atoms with Crippen LogP contribution in [-0.2, 0) is 19.0 Å². The van der Waals surface area contributed by atoms with Crippen molar-refractivity contribution in [1.82, 2.24) is 0 Å². The summed E-state index contributed by atoms with van der Waals surface area (Å²) in [4.78, 5) is 12.8. The smallest absolute Gasteiger partial charge is 0.209 e. The van der Waals surface area contributed by atoms with E-state index in [0.29, 0.717) is 0 Å². The van der Waals surface area contributed by atoms with Gasteiger partial charge in [0.15, 0.2) is 23.2 Å². The molecule has 0 aromatic rings. The molecule has 0 aliphatic heterocycles. The Kier molecular flexibility index (Phi) is 5.59. The van der Waals surface area contributed by atoms with Crippen LogP contribution in [0.3, 0.4) is 0 Å². The predicted octanol–water partition coefficient (Wildman–Crippen LogP) is 2.51. The normalized spacial score (nSPS) is 26.0. The van der Waals surface area contributed by atoms with E-state index >= 15 is 0 Å². The van der Waals surface area contributed by atoms with E-state index < -0.39 is 17.5 Å². The number of ether oxygens (including phenoxy) is 3. The van der Waals surface area contributed by atoms with Gasteiger partial charge in [-0.1, -0.05) is 13.2 Å². The van der Waals surface area contributed by atoms with Gasteiger partial charge in [-0.3, -0.25) is 4.79 Å². The van der Waals surface area contributed by atoms with E-state index in [1.165, 1.54) is 7.11 Å². The molecule has 1 N–H and O–H groups in total. The molecule has 22 heavy (non-hydrogen) atoms. The molecular weight excluding hydrogens is 284 g/mol. The van der Waals surface area contributed by atoms with E-state index in [1.807, 2.05) is 13.8 Å². The number of hydrogen-bond acceptors (Lipinski definition) is 5. The Bertz CT molecular complexity index is 515. The van der Waals surface area contributed by atoms with Crippen LogP contribution in [0.15, 0.2) is 35.8 Å². The highest BCUT2D eigenvalue weighted by molar-refractivity contribution is 6.01. The highest BCUT2D eigenvalue weighted by atomic mass is 16.6. The van der Waals surface area contributed by atoms with Crippen LogP contribution in [0.25, 0.3) is 0 Å². The van der Waals surface area contributed by atoms with Gasteiger partial charge in [-0.25, -0.2) is 0 Å². The van der Waals surface area contributed by atoms with Crippen molar-refractivity contribution in [3.63, 3.8) is 0 Å². The summed E-state index contributed by atoms with van der Waals surface area (Å²) in [5.41, 5.74) is -1.54. The molecule has 0 spiro atoms. The largest absolute Gasteiger partial charge is 0.493 e. The Morgan fingerprint density at radius 1 is 1.27 bits per heavy atom. The molecule has 5 heteroatoms. The fourth-order valence-electron chi connectivity index (χ4n) is 2.35. The summed E-state index contributed by atoms with van der Waals surface area (Å²) in [7, 11) is 1.44. The number of ketones is 1. The van der Waals surface area contributed by atoms with Crippen LogP contribution in [0.2, 0.25) is 0 Å². The monoisotopic (exact) mass is 310 g/mol. The van der Waals surface area contributed by atoms with E-state index in [0.717, 1.165) is 0 Å². The van der Waals surface area contributed by atoms with Crippen molar-refractivity contribution in [1.29, 1.82) is 0 Å². The summed E-state index contributed by atoms with van der Waals surface area (Å²) in [6.45, 7) is 16.4. The second-order valence-corrected chi connectivity index (χ2v) is 5.96. The highest BCUT2D eigenvalue weighted by Gasteiger charge is 2.53. The third-order valence-electron chi connectivity index (χ3n) is 3.36. The van der Waals surface area contributed by atoms with E-state index in [1.54, 1.807) is 20.8 Å². The van der Waals surface area contributed by atoms with Crippen LogP contribution in [0.1, 0.15) is 34.6 Å². The van der Waals surface area contributed by atoms with E-state index in [2.05, 4.69) is 13.2 Å². The molecule has 0 saturated heterocycles. The van der Waals surface area contributed by atoms with Gasteiger partial charge in [0.1, 0.15) is 0 Å². The number of aliphatic hydroxyl groups is 1. The second kappa shape index (κ2) is 6.67. The predicted molar refractivity (Wildman–Crippen MR) is 84.2 cm³/mol. The molecule has 0 saturated carbocycles. The van der Waals surface area contributed by atoms with Crippen LogP contribution in [-0.4, -0.2) is 41.9 Å². The van der Waals surface area contributed by atoms with Gasteiger partial charge in [-0.2, -0.15) is 0 Å². The molecule has 0 heterocycles. The van der Waals surface area contributed by atoms with Crippen molar-refractivity contribution in [2.45, 2.75) is 58.5 Å². The summed E-state index contributed by atoms with van der Waals surface area (Å²) in [6.07, 6.45) is -1.49. The molecular formula is C17H26O5. The molecule has 0 amide bonds. The molecule has 0 radical (unpaired) electrons. The maximum atomic E-state index is 12.8. The van der Waals surface area contributed by atoms with Crippen LogP contribution in [0, 0.1) is 0 Å². The third-order valence-corrected chi connectivity index (χ3v) is 3.36. The lowest BCUT2D eigenvalue weighted by Crippen LogP contribution is -2.53. The fraction of sp³-hybridized carbons (Fsp3) is 0.588. The fourth-order valence-corrected chi connectivity index (χ4v) is 2.35. The van der Waals surface area contributed by atoms with Gasteiger partial charge in [0.2, 0.25) is 5.78 Å². The quantitative estimate of drug-likeness (QED) is 0.764. The first-order chi connectivity index (χ1) is 10.1. The van der Waals surface area contributed by atoms with Crippen molar-refractivity contribution >= 4 is 5.78 Å². The molecule has 5 nitrogen and oxygen atoms in total. The SMILES string of the molecule is C=C(C)C1(O)C(=C)C(OC)=C(OC(C)C)C(OC(C)C)C1=O. The van der Waals surface area contributed by atoms with Gasteiger partial charge < -0.3 is 19.3 Å². The molecule has 1 rings (SSSR count). The summed E-state index contributed by atoms with van der Waals surface area (Å²) < 4.78 is 16.8. The van der Waals surface area contributed by atoms with Gasteiger partial charge in [0.25, 0.3) is 0 Å². The second-order valence-electron chi connectivity index (χ2n) is 5.96. The molecule has 1 aliphatic rings. The van der Waals surface area contributed by atoms with Gasteiger partial charge in [-0.15, -0.1) is 0 Å². The van der Waals surface area contributed by atoms with E-state index in [-0.39, 0.29) is 34.9 Å². The van der Waals surface area contributed by atoms with Crippen molar-refractivity contribution in [2.75, 3.05) is 7.11 Å². The van der Waals surface area contributed by atoms with Gasteiger partial charge in [0, 0.05) is 5.57 Å². The first kappa shape index (κ1) is 18.5. The van der Waals surface area contributed by atoms with E-state index in [4.69, 9.17) is 14.2 Å². The molecule has 0 bridgehead atoms. The number of carbonyl (C=O) groups is 1. The minimum Gasteiger partial charge on any atom is -0.493 e. The molecule has 0 aromatic heterocycles. The zero-order chi connectivity index (χ0) is 17.2. The Hall–Kier alpha value is -1.59. The van der Waals surface area contributed by atoms with E-state index in [9.17, 15) is 9.90 Å². The minimum atomic E-state index is -1.92. The van der Waals surface area contributed by atoms with Crippen LogP contribution in [0.4, 0.5) is 0 Å². The van der Waals surface area contributed by atoms with Crippen molar-refractivity contribution in [2.24, 2.45) is 0 Å². The number of hydrogen-bond donors (Lipinski definition) is 1. The Balaban J connectivity index is 3.53. The first-order valence-electron chi connectivity index (χ1n) is 7.30. The first-order valence-corrected chi connectivity index (χ1v) is 7.30. The lowest BCUT2D eigenvalue weighted by molar-refractivity contribution is -0.149. The average molecular weight is 310 g/mol. The van der Waals surface area contributed by atoms with Gasteiger partial charge in [-0.05, 0) is 40.2 Å². The number of methoxy groups -OCH3 is 1. The highest BCUT2D eigenvalue weighted by Crippen LogP contribution is 2.40. The van der Waals surface area contributed by atoms with Crippen LogP contribution in [0.5, 0.6) is 0 Å². The standard InChI is InChI=1S/C17H26O5/c1-9(2)17(19)12(7)13(20-8)14(21-10(3)4)15(16(17)18)22-11(5)6/h10-11,15,19H,1,7H2,2-6,8H3. The topological polar surface area (TPSA) is 65.0 Å². The minimum absolute atomic E-state index is 0.117. The van der Waals surface area contributed by atoms with Crippen LogP contribution < -0.4 is 0 Å². The Morgan fingerprint density at radius 2 is 1.82 bits per heavy atom. The lowest BCUT2D eigenvalue weighted by Gasteiger charge is -2.39. The van der Waals surface area contributed by atoms with Crippen molar-refractivity contribution in [3.8, 4) is 0 Å². The maximum Gasteiger partial charge on any atom is 0.209 e. The van der Waals surface area contributed by atoms with Gasteiger partial charge in [0.05, 0.1) is 19.3 Å². The zero-order valence-corrected chi connectivity index (χ0v) is 14.2. The maximum absolute atomic E-state index is 12.8. The average Bonchev–Trinajstić information content (AvgIpc) is 2.40. The number of rotatable bonds is 6. The molecule has 2 unspecified atom stereocenters. The molecule has 0 aromatic carbocycles. The summed E-state index contributed by atoms with van der Waals surface area (Å²) in [6, 6.07) is 0. The molecule has 1 aliphatic carbocycles. The zero-order valence-electron chi connectivity index (χ0n) is 14.2. The number of carbonyl (C=O) groups excluding carboxylic acids is 1. The number of Topliss-reactive ketones (excluding diaryl/α,β-unsaturated/α-hetero) is 1. The molecule has 0 fully saturated rings. The summed E-state index contributed by atoms with van der Waals surface area (Å²) in [5.74, 6) is -0.0910. The molecule has 2 atom stereocenters. The summed E-state index contributed by atoms with van der Waals surface area (Å²) >= 11 is 0. The third kappa shape index (κ3) is 3.10. The molecule has 124 valence electrons. The lowest BCUT2D eigenvalue weighted by atomic mass is 9.76. The Labute approximate surface area is 132 Å². The van der Waals surface area contributed by atoms with Crippen LogP contribution >= 0.6 is 0 Å². The van der Waals surface area contributed by atoms with Gasteiger partial charge >= 0.3 is 0 Å². The summed E-state index contributed by atoms with van der Waals surface area (Å²) in [5, 5.41) is 10.8. The van der Waals surface area contributed by atoms with Crippen molar-refractivity contribution in [3.05, 3.63) is 35.8 Å². The van der Waals surface area contributed by atoms with Crippen molar-refractivity contribution < 1.29 is 24.1 Å².